The first kappa shape index (κ1) is 28.8. The Kier molecular flexibility index (Phi) is 9.63. The van der Waals surface area contributed by atoms with E-state index in [0.717, 1.165) is 33.3 Å². The quantitative estimate of drug-likeness (QED) is 0.398. The van der Waals surface area contributed by atoms with Crippen molar-refractivity contribution in [1.82, 2.24) is 10.2 Å². The number of nitrogens with one attached hydrogen (secondary N) is 1. The summed E-state index contributed by atoms with van der Waals surface area (Å²) in [6.45, 7) is 5.08. The number of carbonyl (C=O) groups is 2. The summed E-state index contributed by atoms with van der Waals surface area (Å²) in [7, 11) is -3.95. The van der Waals surface area contributed by atoms with Crippen LogP contribution in [-0.2, 0) is 32.6 Å². The third-order valence-electron chi connectivity index (χ3n) is 6.08. The first-order valence-corrected chi connectivity index (χ1v) is 14.2. The normalized spacial score (nSPS) is 12.2. The van der Waals surface area contributed by atoms with Crippen LogP contribution in [-0.4, -0.2) is 50.0 Å². The van der Waals surface area contributed by atoms with E-state index in [9.17, 15) is 22.4 Å². The van der Waals surface area contributed by atoms with Crippen LogP contribution in [0.3, 0.4) is 0 Å². The molecule has 0 fully saturated rings. The molecule has 1 N–H and O–H groups in total. The van der Waals surface area contributed by atoms with E-state index in [-0.39, 0.29) is 30.6 Å². The van der Waals surface area contributed by atoms with E-state index in [0.29, 0.717) is 0 Å². The van der Waals surface area contributed by atoms with E-state index < -0.39 is 34.3 Å². The molecule has 7 nitrogen and oxygen atoms in total. The van der Waals surface area contributed by atoms with Gasteiger partial charge in [0, 0.05) is 19.0 Å². The van der Waals surface area contributed by atoms with Crippen LogP contribution in [0.2, 0.25) is 0 Å². The van der Waals surface area contributed by atoms with Gasteiger partial charge in [0.25, 0.3) is 0 Å². The standard InChI is InChI=1S/C29H34FN3O4S/c1-21(2)31-29(35)27(17-23-12-6-5-7-13-23)32(19-24-14-9-8-11-22(24)3)28(34)20-33(38(4,36)37)26-16-10-15-25(30)18-26/h5-16,18,21,27H,17,19-20H2,1-4H3,(H,31,35)/t27-/m0/s1. The molecule has 0 aromatic heterocycles. The zero-order valence-corrected chi connectivity index (χ0v) is 22.9. The lowest BCUT2D eigenvalue weighted by molar-refractivity contribution is -0.140. The van der Waals surface area contributed by atoms with Gasteiger partial charge in [-0.25, -0.2) is 12.8 Å². The largest absolute Gasteiger partial charge is 0.352 e. The molecule has 9 heteroatoms. The molecule has 0 heterocycles. The molecule has 0 aliphatic rings. The van der Waals surface area contributed by atoms with E-state index in [1.54, 1.807) is 0 Å². The number of nitrogens with zero attached hydrogens (tertiary/aromatic N) is 2. The smallest absolute Gasteiger partial charge is 0.244 e. The maximum atomic E-state index is 14.0. The van der Waals surface area contributed by atoms with Gasteiger partial charge in [0.2, 0.25) is 21.8 Å². The molecule has 3 rings (SSSR count). The number of sulfonamides is 1. The summed E-state index contributed by atoms with van der Waals surface area (Å²) in [5, 5.41) is 2.91. The van der Waals surface area contributed by atoms with Crippen molar-refractivity contribution < 1.29 is 22.4 Å². The van der Waals surface area contributed by atoms with Gasteiger partial charge in [-0.3, -0.25) is 13.9 Å². The van der Waals surface area contributed by atoms with Crippen molar-refractivity contribution >= 4 is 27.5 Å². The average Bonchev–Trinajstić information content (AvgIpc) is 2.85. The number of aryl methyl sites for hydroxylation is 1. The van der Waals surface area contributed by atoms with Crippen LogP contribution in [0.15, 0.2) is 78.9 Å². The fourth-order valence-electron chi connectivity index (χ4n) is 4.15. The average molecular weight is 540 g/mol. The van der Waals surface area contributed by atoms with Crippen molar-refractivity contribution in [2.24, 2.45) is 0 Å². The molecule has 0 unspecified atom stereocenters. The highest BCUT2D eigenvalue weighted by Gasteiger charge is 2.33. The van der Waals surface area contributed by atoms with Gasteiger partial charge in [-0.15, -0.1) is 0 Å². The van der Waals surface area contributed by atoms with Gasteiger partial charge in [-0.1, -0.05) is 60.7 Å². The topological polar surface area (TPSA) is 86.8 Å². The van der Waals surface area contributed by atoms with E-state index in [4.69, 9.17) is 0 Å². The fourth-order valence-corrected chi connectivity index (χ4v) is 4.99. The molecule has 2 amide bonds. The predicted molar refractivity (Wildman–Crippen MR) is 148 cm³/mol. The monoisotopic (exact) mass is 539 g/mol. The van der Waals surface area contributed by atoms with Crippen molar-refractivity contribution in [1.29, 1.82) is 0 Å². The molecule has 3 aromatic carbocycles. The zero-order valence-electron chi connectivity index (χ0n) is 22.1. The second-order valence-corrected chi connectivity index (χ2v) is 11.5. The molecule has 1 atom stereocenters. The van der Waals surface area contributed by atoms with Gasteiger partial charge in [-0.05, 0) is 55.7 Å². The summed E-state index contributed by atoms with van der Waals surface area (Å²) in [6.07, 6.45) is 1.19. The van der Waals surface area contributed by atoms with Crippen molar-refractivity contribution in [2.75, 3.05) is 17.1 Å². The van der Waals surface area contributed by atoms with Gasteiger partial charge in [0.05, 0.1) is 11.9 Å². The van der Waals surface area contributed by atoms with Gasteiger partial charge < -0.3 is 10.2 Å². The number of rotatable bonds is 11. The van der Waals surface area contributed by atoms with Crippen molar-refractivity contribution in [3.63, 3.8) is 0 Å². The number of benzene rings is 3. The number of hydrogen-bond donors (Lipinski definition) is 1. The molecule has 0 bridgehead atoms. The Hall–Kier alpha value is -3.72. The molecular weight excluding hydrogens is 505 g/mol. The van der Waals surface area contributed by atoms with Crippen LogP contribution in [0.1, 0.15) is 30.5 Å². The molecule has 0 aliphatic carbocycles. The number of halogens is 1. The highest BCUT2D eigenvalue weighted by molar-refractivity contribution is 7.92. The summed E-state index contributed by atoms with van der Waals surface area (Å²) in [5.74, 6) is -1.55. The molecule has 0 spiro atoms. The Morgan fingerprint density at radius 2 is 1.61 bits per heavy atom. The lowest BCUT2D eigenvalue weighted by Crippen LogP contribution is -2.54. The molecule has 0 radical (unpaired) electrons. The van der Waals surface area contributed by atoms with E-state index in [1.165, 1.54) is 23.1 Å². The molecule has 0 saturated heterocycles. The van der Waals surface area contributed by atoms with Crippen molar-refractivity contribution in [3.8, 4) is 0 Å². The summed E-state index contributed by atoms with van der Waals surface area (Å²) in [4.78, 5) is 28.9. The molecule has 202 valence electrons. The first-order chi connectivity index (χ1) is 18.0. The minimum Gasteiger partial charge on any atom is -0.352 e. The second-order valence-electron chi connectivity index (χ2n) is 9.57. The Morgan fingerprint density at radius 1 is 0.947 bits per heavy atom. The molecular formula is C29H34FN3O4S. The summed E-state index contributed by atoms with van der Waals surface area (Å²) in [6, 6.07) is 20.8. The minimum absolute atomic E-state index is 0.0305. The summed E-state index contributed by atoms with van der Waals surface area (Å²) in [5.41, 5.74) is 2.64. The molecule has 38 heavy (non-hydrogen) atoms. The maximum Gasteiger partial charge on any atom is 0.244 e. The Labute approximate surface area is 224 Å². The van der Waals surface area contributed by atoms with Crippen LogP contribution >= 0.6 is 0 Å². The molecule has 0 aliphatic heterocycles. The van der Waals surface area contributed by atoms with Gasteiger partial charge in [0.15, 0.2) is 0 Å². The Morgan fingerprint density at radius 3 is 2.21 bits per heavy atom. The molecule has 0 saturated carbocycles. The fraction of sp³-hybridized carbons (Fsp3) is 0.310. The summed E-state index contributed by atoms with van der Waals surface area (Å²) < 4.78 is 40.3. The molecule has 3 aromatic rings. The SMILES string of the molecule is Cc1ccccc1CN(C(=O)CN(c1cccc(F)c1)S(C)(=O)=O)[C@@H](Cc1ccccc1)C(=O)NC(C)C. The third-order valence-corrected chi connectivity index (χ3v) is 7.22. The van der Waals surface area contributed by atoms with E-state index in [1.807, 2.05) is 75.4 Å². The van der Waals surface area contributed by atoms with E-state index in [2.05, 4.69) is 5.32 Å². The lowest BCUT2D eigenvalue weighted by Gasteiger charge is -2.34. The third kappa shape index (κ3) is 7.89. The second kappa shape index (κ2) is 12.7. The van der Waals surface area contributed by atoms with Gasteiger partial charge >= 0.3 is 0 Å². The highest BCUT2D eigenvalue weighted by Crippen LogP contribution is 2.22. The number of anilines is 1. The maximum absolute atomic E-state index is 14.0. The number of carbonyl (C=O) groups excluding carboxylic acids is 2. The predicted octanol–water partition coefficient (Wildman–Crippen LogP) is 4.06. The van der Waals surface area contributed by atoms with Gasteiger partial charge in [-0.2, -0.15) is 0 Å². The van der Waals surface area contributed by atoms with Crippen LogP contribution in [0.4, 0.5) is 10.1 Å². The van der Waals surface area contributed by atoms with E-state index >= 15 is 0 Å². The first-order valence-electron chi connectivity index (χ1n) is 12.4. The highest BCUT2D eigenvalue weighted by atomic mass is 32.2. The number of hydrogen-bond acceptors (Lipinski definition) is 4. The van der Waals surface area contributed by atoms with Crippen molar-refractivity contribution in [2.45, 2.75) is 45.8 Å². The Balaban J connectivity index is 2.07. The van der Waals surface area contributed by atoms with Crippen molar-refractivity contribution in [3.05, 3.63) is 101 Å². The minimum atomic E-state index is -3.95. The Bertz CT molecular complexity index is 1360. The summed E-state index contributed by atoms with van der Waals surface area (Å²) >= 11 is 0. The lowest BCUT2D eigenvalue weighted by atomic mass is 10.0. The van der Waals surface area contributed by atoms with Gasteiger partial charge in [0.1, 0.15) is 18.4 Å². The van der Waals surface area contributed by atoms with Crippen LogP contribution < -0.4 is 9.62 Å². The van der Waals surface area contributed by atoms with Crippen LogP contribution in [0.5, 0.6) is 0 Å². The van der Waals surface area contributed by atoms with Crippen LogP contribution in [0, 0.1) is 12.7 Å². The number of amides is 2. The zero-order chi connectivity index (χ0) is 27.9. The van der Waals surface area contributed by atoms with Crippen LogP contribution in [0.25, 0.3) is 0 Å².